The lowest BCUT2D eigenvalue weighted by atomic mass is 10.1. The Morgan fingerprint density at radius 1 is 1.63 bits per heavy atom. The van der Waals surface area contributed by atoms with Gasteiger partial charge in [-0.3, -0.25) is 5.41 Å². The summed E-state index contributed by atoms with van der Waals surface area (Å²) in [4.78, 5) is 2.01. The van der Waals surface area contributed by atoms with E-state index >= 15 is 0 Å². The van der Waals surface area contributed by atoms with Gasteiger partial charge in [-0.05, 0) is 34.5 Å². The summed E-state index contributed by atoms with van der Waals surface area (Å²) < 4.78 is 19.7. The number of hydrogen-bond acceptors (Lipinski definition) is 3. The van der Waals surface area contributed by atoms with Crippen molar-refractivity contribution in [2.24, 2.45) is 11.7 Å². The van der Waals surface area contributed by atoms with Gasteiger partial charge in [0.25, 0.3) is 0 Å². The number of halogens is 2. The fourth-order valence-electron chi connectivity index (χ4n) is 2.41. The van der Waals surface area contributed by atoms with E-state index in [-0.39, 0.29) is 16.1 Å². The van der Waals surface area contributed by atoms with Crippen molar-refractivity contribution in [1.82, 2.24) is 0 Å². The van der Waals surface area contributed by atoms with Crippen LogP contribution in [0.25, 0.3) is 0 Å². The van der Waals surface area contributed by atoms with Gasteiger partial charge in [0.05, 0.1) is 16.8 Å². The highest BCUT2D eigenvalue weighted by Gasteiger charge is 2.25. The van der Waals surface area contributed by atoms with Crippen LogP contribution >= 0.6 is 15.9 Å². The summed E-state index contributed by atoms with van der Waals surface area (Å²) in [5.74, 6) is -0.0579. The van der Waals surface area contributed by atoms with Gasteiger partial charge < -0.3 is 15.4 Å². The summed E-state index contributed by atoms with van der Waals surface area (Å²) in [7, 11) is 1.68. The topological polar surface area (TPSA) is 62.3 Å². The minimum absolute atomic E-state index is 0.143. The third kappa shape index (κ3) is 2.90. The molecular formula is C13H17BrFN3O. The van der Waals surface area contributed by atoms with E-state index in [2.05, 4.69) is 15.9 Å². The van der Waals surface area contributed by atoms with Gasteiger partial charge in [-0.1, -0.05) is 0 Å². The molecule has 1 aromatic rings. The zero-order valence-corrected chi connectivity index (χ0v) is 12.3. The first-order chi connectivity index (χ1) is 9.04. The SMILES string of the molecule is COCC1CCN(c2ccc(C(=N)N)c(Br)c2F)C1. The molecule has 4 nitrogen and oxygen atoms in total. The number of rotatable bonds is 4. The molecule has 19 heavy (non-hydrogen) atoms. The molecule has 0 aliphatic carbocycles. The molecule has 0 radical (unpaired) electrons. The monoisotopic (exact) mass is 329 g/mol. The van der Waals surface area contributed by atoms with E-state index in [0.717, 1.165) is 19.5 Å². The number of methoxy groups -OCH3 is 1. The quantitative estimate of drug-likeness (QED) is 0.658. The van der Waals surface area contributed by atoms with Crippen LogP contribution in [-0.2, 0) is 4.74 Å². The number of anilines is 1. The fraction of sp³-hybridized carbons (Fsp3) is 0.462. The molecule has 1 aromatic carbocycles. The predicted octanol–water partition coefficient (Wildman–Crippen LogP) is 2.34. The number of nitrogens with two attached hydrogens (primary N) is 1. The average molecular weight is 330 g/mol. The second-order valence-electron chi connectivity index (χ2n) is 4.73. The van der Waals surface area contributed by atoms with Crippen LogP contribution in [0.15, 0.2) is 16.6 Å². The van der Waals surface area contributed by atoms with Gasteiger partial charge in [0.2, 0.25) is 0 Å². The van der Waals surface area contributed by atoms with Gasteiger partial charge in [0.15, 0.2) is 5.82 Å². The van der Waals surface area contributed by atoms with Gasteiger partial charge in [0.1, 0.15) is 5.84 Å². The molecule has 1 aliphatic rings. The van der Waals surface area contributed by atoms with Crippen LogP contribution in [0.3, 0.4) is 0 Å². The Bertz CT molecular complexity index is 495. The summed E-state index contributed by atoms with van der Waals surface area (Å²) >= 11 is 3.18. The average Bonchev–Trinajstić information content (AvgIpc) is 2.81. The van der Waals surface area contributed by atoms with E-state index < -0.39 is 0 Å². The minimum atomic E-state index is -0.356. The van der Waals surface area contributed by atoms with Crippen molar-refractivity contribution in [2.45, 2.75) is 6.42 Å². The number of nitrogens with zero attached hydrogens (tertiary/aromatic N) is 1. The lowest BCUT2D eigenvalue weighted by Gasteiger charge is -2.20. The number of benzene rings is 1. The second kappa shape index (κ2) is 5.88. The Balaban J connectivity index is 2.23. The zero-order chi connectivity index (χ0) is 14.0. The molecule has 6 heteroatoms. The molecule has 3 N–H and O–H groups in total. The summed E-state index contributed by atoms with van der Waals surface area (Å²) in [6.45, 7) is 2.30. The number of hydrogen-bond donors (Lipinski definition) is 2. The Morgan fingerprint density at radius 2 is 2.37 bits per heavy atom. The van der Waals surface area contributed by atoms with E-state index in [1.54, 1.807) is 19.2 Å². The van der Waals surface area contributed by atoms with E-state index in [1.165, 1.54) is 0 Å². The molecule has 1 aliphatic heterocycles. The molecule has 0 saturated carbocycles. The molecule has 0 spiro atoms. The first-order valence-electron chi connectivity index (χ1n) is 6.11. The molecule has 1 atom stereocenters. The van der Waals surface area contributed by atoms with E-state index in [1.807, 2.05) is 4.90 Å². The van der Waals surface area contributed by atoms with Crippen LogP contribution in [0.5, 0.6) is 0 Å². The van der Waals surface area contributed by atoms with Gasteiger partial charge in [-0.15, -0.1) is 0 Å². The summed E-state index contributed by atoms with van der Waals surface area (Å²) in [5, 5.41) is 7.39. The normalized spacial score (nSPS) is 18.9. The van der Waals surface area contributed by atoms with Crippen LogP contribution < -0.4 is 10.6 Å². The standard InChI is InChI=1S/C13H17BrFN3O/c1-19-7-8-4-5-18(6-8)10-3-2-9(13(16)17)11(14)12(10)15/h2-3,8H,4-7H2,1H3,(H3,16,17). The van der Waals surface area contributed by atoms with Crippen molar-refractivity contribution < 1.29 is 9.13 Å². The Kier molecular flexibility index (Phi) is 4.42. The van der Waals surface area contributed by atoms with Crippen LogP contribution in [0.1, 0.15) is 12.0 Å². The molecule has 2 rings (SSSR count). The van der Waals surface area contributed by atoms with E-state index in [0.29, 0.717) is 23.8 Å². The van der Waals surface area contributed by atoms with E-state index in [4.69, 9.17) is 15.9 Å². The van der Waals surface area contributed by atoms with Crippen LogP contribution in [0.2, 0.25) is 0 Å². The zero-order valence-electron chi connectivity index (χ0n) is 10.7. The highest BCUT2D eigenvalue weighted by atomic mass is 79.9. The fourth-order valence-corrected chi connectivity index (χ4v) is 2.96. The molecule has 0 amide bonds. The number of ether oxygens (including phenoxy) is 1. The van der Waals surface area contributed by atoms with Crippen LogP contribution in [0, 0.1) is 17.1 Å². The van der Waals surface area contributed by atoms with Crippen molar-refractivity contribution in [1.29, 1.82) is 5.41 Å². The lowest BCUT2D eigenvalue weighted by Crippen LogP contribution is -2.23. The van der Waals surface area contributed by atoms with Gasteiger partial charge >= 0.3 is 0 Å². The number of nitrogen functional groups attached to an aromatic ring is 1. The largest absolute Gasteiger partial charge is 0.384 e. The lowest BCUT2D eigenvalue weighted by molar-refractivity contribution is 0.161. The molecule has 1 fully saturated rings. The number of nitrogens with one attached hydrogen (secondary N) is 1. The van der Waals surface area contributed by atoms with Gasteiger partial charge in [0, 0.05) is 31.7 Å². The van der Waals surface area contributed by atoms with Crippen molar-refractivity contribution >= 4 is 27.5 Å². The molecule has 0 bridgehead atoms. The summed E-state index contributed by atoms with van der Waals surface area (Å²) in [6.07, 6.45) is 0.999. The van der Waals surface area contributed by atoms with Crippen LogP contribution in [0.4, 0.5) is 10.1 Å². The third-order valence-corrected chi connectivity index (χ3v) is 4.16. The maximum atomic E-state index is 14.3. The highest BCUT2D eigenvalue weighted by Crippen LogP contribution is 2.32. The molecular weight excluding hydrogens is 313 g/mol. The Labute approximate surface area is 120 Å². The van der Waals surface area contributed by atoms with Gasteiger partial charge in [-0.25, -0.2) is 4.39 Å². The van der Waals surface area contributed by atoms with Crippen LogP contribution in [-0.4, -0.2) is 32.6 Å². The Morgan fingerprint density at radius 3 is 3.00 bits per heavy atom. The molecule has 1 saturated heterocycles. The third-order valence-electron chi connectivity index (χ3n) is 3.38. The molecule has 0 aromatic heterocycles. The van der Waals surface area contributed by atoms with Gasteiger partial charge in [-0.2, -0.15) is 0 Å². The first kappa shape index (κ1) is 14.3. The van der Waals surface area contributed by atoms with Crippen molar-refractivity contribution in [3.63, 3.8) is 0 Å². The van der Waals surface area contributed by atoms with Crippen molar-refractivity contribution in [2.75, 3.05) is 31.7 Å². The highest BCUT2D eigenvalue weighted by molar-refractivity contribution is 9.10. The predicted molar refractivity (Wildman–Crippen MR) is 77.3 cm³/mol. The minimum Gasteiger partial charge on any atom is -0.384 e. The van der Waals surface area contributed by atoms with Crippen molar-refractivity contribution in [3.05, 3.63) is 28.0 Å². The second-order valence-corrected chi connectivity index (χ2v) is 5.52. The summed E-state index contributed by atoms with van der Waals surface area (Å²) in [5.41, 5.74) is 6.34. The molecule has 1 heterocycles. The maximum Gasteiger partial charge on any atom is 0.161 e. The first-order valence-corrected chi connectivity index (χ1v) is 6.90. The number of amidine groups is 1. The molecule has 1 unspecified atom stereocenters. The Hall–Kier alpha value is -1.14. The van der Waals surface area contributed by atoms with Crippen molar-refractivity contribution in [3.8, 4) is 0 Å². The summed E-state index contributed by atoms with van der Waals surface area (Å²) in [6, 6.07) is 3.36. The smallest absolute Gasteiger partial charge is 0.161 e. The molecule has 104 valence electrons. The maximum absolute atomic E-state index is 14.3. The van der Waals surface area contributed by atoms with E-state index in [9.17, 15) is 4.39 Å².